The number of rotatable bonds is 5. The van der Waals surface area contributed by atoms with Crippen molar-refractivity contribution in [1.82, 2.24) is 19.8 Å². The molecule has 0 radical (unpaired) electrons. The van der Waals surface area contributed by atoms with Crippen LogP contribution in [0.1, 0.15) is 67.1 Å². The third-order valence-electron chi connectivity index (χ3n) is 6.94. The van der Waals surface area contributed by atoms with E-state index in [1.54, 1.807) is 12.4 Å². The van der Waals surface area contributed by atoms with Crippen molar-refractivity contribution in [1.29, 1.82) is 0 Å². The SMILES string of the molecule is CCN(CC)C(=O)C[C@@H]1CC2(CCN(C(=O)c3cnccn3)CC2)c2ccccc21. The summed E-state index contributed by atoms with van der Waals surface area (Å²) in [6.07, 6.45) is 8.08. The Morgan fingerprint density at radius 2 is 1.87 bits per heavy atom. The van der Waals surface area contributed by atoms with Gasteiger partial charge < -0.3 is 9.80 Å². The van der Waals surface area contributed by atoms with Crippen LogP contribution in [0.2, 0.25) is 0 Å². The summed E-state index contributed by atoms with van der Waals surface area (Å²) >= 11 is 0. The molecule has 2 aliphatic rings. The van der Waals surface area contributed by atoms with E-state index in [1.807, 2.05) is 23.6 Å². The van der Waals surface area contributed by atoms with E-state index in [0.717, 1.165) is 32.4 Å². The Morgan fingerprint density at radius 3 is 2.53 bits per heavy atom. The lowest BCUT2D eigenvalue weighted by molar-refractivity contribution is -0.131. The Labute approximate surface area is 178 Å². The number of carbonyl (C=O) groups is 2. The van der Waals surface area contributed by atoms with Crippen LogP contribution in [0.5, 0.6) is 0 Å². The van der Waals surface area contributed by atoms with Crippen LogP contribution >= 0.6 is 0 Å². The van der Waals surface area contributed by atoms with Crippen molar-refractivity contribution in [2.45, 2.75) is 50.9 Å². The topological polar surface area (TPSA) is 66.4 Å². The van der Waals surface area contributed by atoms with E-state index >= 15 is 0 Å². The normalized spacial score (nSPS) is 19.5. The van der Waals surface area contributed by atoms with Gasteiger partial charge in [-0.25, -0.2) is 4.98 Å². The molecular weight excluding hydrogens is 376 g/mol. The Kier molecular flexibility index (Phi) is 5.84. The molecular formula is C24H30N4O2. The van der Waals surface area contributed by atoms with Crippen molar-refractivity contribution in [2.24, 2.45) is 0 Å². The summed E-state index contributed by atoms with van der Waals surface area (Å²) in [6.45, 7) is 7.01. The second kappa shape index (κ2) is 8.54. The maximum atomic E-state index is 12.8. The highest BCUT2D eigenvalue weighted by molar-refractivity contribution is 5.92. The first-order valence-electron chi connectivity index (χ1n) is 11.0. The fourth-order valence-corrected chi connectivity index (χ4v) is 5.31. The number of benzene rings is 1. The van der Waals surface area contributed by atoms with Gasteiger partial charge in [0.1, 0.15) is 5.69 Å². The largest absolute Gasteiger partial charge is 0.343 e. The minimum atomic E-state index is -0.0440. The second-order valence-corrected chi connectivity index (χ2v) is 8.42. The molecule has 6 heteroatoms. The molecule has 0 unspecified atom stereocenters. The Morgan fingerprint density at radius 1 is 1.13 bits per heavy atom. The van der Waals surface area contributed by atoms with Crippen LogP contribution in [0.15, 0.2) is 42.9 Å². The number of amides is 2. The highest BCUT2D eigenvalue weighted by Gasteiger charge is 2.46. The summed E-state index contributed by atoms with van der Waals surface area (Å²) in [4.78, 5) is 37.6. The first-order chi connectivity index (χ1) is 14.6. The number of likely N-dealkylation sites (tertiary alicyclic amines) is 1. The Hall–Kier alpha value is -2.76. The van der Waals surface area contributed by atoms with E-state index in [-0.39, 0.29) is 23.1 Å². The van der Waals surface area contributed by atoms with Crippen LogP contribution in [0.4, 0.5) is 0 Å². The highest BCUT2D eigenvalue weighted by atomic mass is 16.2. The molecule has 30 heavy (non-hydrogen) atoms. The molecule has 1 spiro atoms. The average molecular weight is 407 g/mol. The number of piperidine rings is 1. The molecule has 0 saturated carbocycles. The number of hydrogen-bond acceptors (Lipinski definition) is 4. The van der Waals surface area contributed by atoms with Crippen LogP contribution in [-0.4, -0.2) is 57.8 Å². The van der Waals surface area contributed by atoms with Gasteiger partial charge in [-0.1, -0.05) is 24.3 Å². The molecule has 0 bridgehead atoms. The zero-order chi connectivity index (χ0) is 21.1. The number of nitrogens with zero attached hydrogens (tertiary/aromatic N) is 4. The van der Waals surface area contributed by atoms with Gasteiger partial charge in [0.2, 0.25) is 5.91 Å². The predicted molar refractivity (Wildman–Crippen MR) is 115 cm³/mol. The molecule has 158 valence electrons. The third kappa shape index (κ3) is 3.71. The van der Waals surface area contributed by atoms with E-state index in [2.05, 4.69) is 34.2 Å². The van der Waals surface area contributed by atoms with E-state index in [9.17, 15) is 9.59 Å². The molecule has 2 amide bonds. The zero-order valence-corrected chi connectivity index (χ0v) is 17.9. The van der Waals surface area contributed by atoms with Crippen molar-refractivity contribution in [3.05, 3.63) is 59.7 Å². The molecule has 1 fully saturated rings. The van der Waals surface area contributed by atoms with Crippen molar-refractivity contribution < 1.29 is 9.59 Å². The lowest BCUT2D eigenvalue weighted by atomic mass is 9.73. The molecule has 1 aromatic carbocycles. The van der Waals surface area contributed by atoms with E-state index < -0.39 is 0 Å². The minimum absolute atomic E-state index is 0.0440. The van der Waals surface area contributed by atoms with Gasteiger partial charge in [0.15, 0.2) is 0 Å². The van der Waals surface area contributed by atoms with Crippen LogP contribution in [-0.2, 0) is 10.2 Å². The molecule has 0 N–H and O–H groups in total. The minimum Gasteiger partial charge on any atom is -0.343 e. The summed E-state index contributed by atoms with van der Waals surface area (Å²) in [5, 5.41) is 0. The van der Waals surface area contributed by atoms with Crippen LogP contribution in [0.3, 0.4) is 0 Å². The Balaban J connectivity index is 1.50. The Bertz CT molecular complexity index is 902. The smallest absolute Gasteiger partial charge is 0.274 e. The lowest BCUT2D eigenvalue weighted by Gasteiger charge is -2.40. The van der Waals surface area contributed by atoms with Crippen molar-refractivity contribution in [3.63, 3.8) is 0 Å². The molecule has 6 nitrogen and oxygen atoms in total. The lowest BCUT2D eigenvalue weighted by Crippen LogP contribution is -2.44. The van der Waals surface area contributed by atoms with Crippen LogP contribution < -0.4 is 0 Å². The first-order valence-corrected chi connectivity index (χ1v) is 11.0. The van der Waals surface area contributed by atoms with Gasteiger partial charge in [-0.05, 0) is 55.6 Å². The predicted octanol–water partition coefficient (Wildman–Crippen LogP) is 3.40. The van der Waals surface area contributed by atoms with Gasteiger partial charge in [0, 0.05) is 45.0 Å². The number of hydrogen-bond donors (Lipinski definition) is 0. The summed E-state index contributed by atoms with van der Waals surface area (Å²) in [6, 6.07) is 8.62. The summed E-state index contributed by atoms with van der Waals surface area (Å²) < 4.78 is 0. The first kappa shape index (κ1) is 20.5. The molecule has 1 aromatic heterocycles. The molecule has 2 aromatic rings. The van der Waals surface area contributed by atoms with Crippen molar-refractivity contribution in [3.8, 4) is 0 Å². The number of carbonyl (C=O) groups excluding carboxylic acids is 2. The third-order valence-corrected chi connectivity index (χ3v) is 6.94. The van der Waals surface area contributed by atoms with Crippen LogP contribution in [0, 0.1) is 0 Å². The molecule has 1 aliphatic carbocycles. The summed E-state index contributed by atoms with van der Waals surface area (Å²) in [7, 11) is 0. The fourth-order valence-electron chi connectivity index (χ4n) is 5.31. The summed E-state index contributed by atoms with van der Waals surface area (Å²) in [5.74, 6) is 0.459. The zero-order valence-electron chi connectivity index (χ0n) is 17.9. The number of fused-ring (bicyclic) bond motifs is 2. The van der Waals surface area contributed by atoms with Crippen LogP contribution in [0.25, 0.3) is 0 Å². The second-order valence-electron chi connectivity index (χ2n) is 8.42. The molecule has 4 rings (SSSR count). The molecule has 1 atom stereocenters. The fraction of sp³-hybridized carbons (Fsp3) is 0.500. The standard InChI is InChI=1S/C24H30N4O2/c1-3-27(4-2)22(29)15-18-16-24(20-8-6-5-7-19(18)20)9-13-28(14-10-24)23(30)21-17-25-11-12-26-21/h5-8,11-12,17-18H,3-4,9-10,13-16H2,1-2H3/t18-/m1/s1. The maximum Gasteiger partial charge on any atom is 0.274 e. The monoisotopic (exact) mass is 406 g/mol. The van der Waals surface area contributed by atoms with Crippen molar-refractivity contribution >= 4 is 11.8 Å². The van der Waals surface area contributed by atoms with E-state index in [1.165, 1.54) is 17.3 Å². The van der Waals surface area contributed by atoms with Gasteiger partial charge in [-0.3, -0.25) is 14.6 Å². The van der Waals surface area contributed by atoms with E-state index in [0.29, 0.717) is 25.2 Å². The van der Waals surface area contributed by atoms with Gasteiger partial charge >= 0.3 is 0 Å². The molecule has 1 aliphatic heterocycles. The van der Waals surface area contributed by atoms with Crippen molar-refractivity contribution in [2.75, 3.05) is 26.2 Å². The maximum absolute atomic E-state index is 12.8. The van der Waals surface area contributed by atoms with E-state index in [4.69, 9.17) is 0 Å². The van der Waals surface area contributed by atoms with Gasteiger partial charge in [-0.15, -0.1) is 0 Å². The van der Waals surface area contributed by atoms with Gasteiger partial charge in [0.05, 0.1) is 6.20 Å². The van der Waals surface area contributed by atoms with Gasteiger partial charge in [-0.2, -0.15) is 0 Å². The number of aromatic nitrogens is 2. The quantitative estimate of drug-likeness (QED) is 0.763. The highest BCUT2D eigenvalue weighted by Crippen LogP contribution is 2.52. The van der Waals surface area contributed by atoms with Gasteiger partial charge in [0.25, 0.3) is 5.91 Å². The molecule has 2 heterocycles. The summed E-state index contributed by atoms with van der Waals surface area (Å²) in [5.41, 5.74) is 3.17. The average Bonchev–Trinajstić information content (AvgIpc) is 3.08. The molecule has 1 saturated heterocycles.